The molecular formula is C15H23FN4O4S2. The number of hydrogen-bond donors (Lipinski definition) is 2. The highest BCUT2D eigenvalue weighted by atomic mass is 32.2. The molecule has 0 aromatic heterocycles. The highest BCUT2D eigenvalue weighted by Crippen LogP contribution is 2.17. The van der Waals surface area contributed by atoms with Gasteiger partial charge in [-0.15, -0.1) is 0 Å². The van der Waals surface area contributed by atoms with Crippen molar-refractivity contribution in [1.29, 1.82) is 0 Å². The average molecular weight is 407 g/mol. The van der Waals surface area contributed by atoms with Crippen LogP contribution >= 0.6 is 12.2 Å². The van der Waals surface area contributed by atoms with Crippen molar-refractivity contribution in [3.8, 4) is 0 Å². The fourth-order valence-electron chi connectivity index (χ4n) is 1.84. The number of nitrogens with zero attached hydrogens (tertiary/aromatic N) is 2. The average Bonchev–Trinajstić information content (AvgIpc) is 2.58. The number of hydrogen-bond acceptors (Lipinski definition) is 5. The van der Waals surface area contributed by atoms with Crippen molar-refractivity contribution in [3.05, 3.63) is 29.6 Å². The van der Waals surface area contributed by atoms with Gasteiger partial charge in [-0.2, -0.15) is 0 Å². The van der Waals surface area contributed by atoms with Gasteiger partial charge >= 0.3 is 0 Å². The molecule has 1 rings (SSSR count). The Kier molecular flexibility index (Phi) is 8.34. The number of amides is 1. The molecule has 0 aliphatic heterocycles. The van der Waals surface area contributed by atoms with Gasteiger partial charge in [-0.05, 0) is 36.8 Å². The fourth-order valence-corrected chi connectivity index (χ4v) is 2.92. The molecule has 26 heavy (non-hydrogen) atoms. The summed E-state index contributed by atoms with van der Waals surface area (Å²) in [4.78, 5) is 12.1. The van der Waals surface area contributed by atoms with E-state index in [9.17, 15) is 17.6 Å². The summed E-state index contributed by atoms with van der Waals surface area (Å²) in [6, 6.07) is 3.03. The second-order valence-corrected chi connectivity index (χ2v) is 8.05. The van der Waals surface area contributed by atoms with Crippen LogP contribution in [0.1, 0.15) is 16.8 Å². The number of methoxy groups -OCH3 is 1. The molecule has 0 aliphatic carbocycles. The Labute approximate surface area is 158 Å². The monoisotopic (exact) mass is 406 g/mol. The van der Waals surface area contributed by atoms with Crippen LogP contribution in [0.25, 0.3) is 0 Å². The van der Waals surface area contributed by atoms with Gasteiger partial charge in [0.05, 0.1) is 10.5 Å². The lowest BCUT2D eigenvalue weighted by atomic mass is 10.2. The number of hydrazine groups is 1. The maximum absolute atomic E-state index is 14.0. The predicted octanol–water partition coefficient (Wildman–Crippen LogP) is 0.564. The zero-order valence-corrected chi connectivity index (χ0v) is 16.7. The molecule has 0 aliphatic rings. The molecule has 0 unspecified atom stereocenters. The highest BCUT2D eigenvalue weighted by molar-refractivity contribution is 7.89. The summed E-state index contributed by atoms with van der Waals surface area (Å²) in [5, 5.41) is 4.35. The van der Waals surface area contributed by atoms with E-state index in [1.165, 1.54) is 26.2 Å². The Hall–Kier alpha value is -1.82. The molecule has 0 saturated carbocycles. The van der Waals surface area contributed by atoms with Gasteiger partial charge in [-0.25, -0.2) is 17.1 Å². The molecule has 11 heteroatoms. The Morgan fingerprint density at radius 3 is 2.54 bits per heavy atom. The number of sulfonamides is 1. The van der Waals surface area contributed by atoms with E-state index in [1.54, 1.807) is 7.11 Å². The summed E-state index contributed by atoms with van der Waals surface area (Å²) < 4.78 is 44.2. The van der Waals surface area contributed by atoms with E-state index in [2.05, 4.69) is 10.7 Å². The third kappa shape index (κ3) is 5.87. The first kappa shape index (κ1) is 22.2. The SMILES string of the molecule is COCCCNC(=S)N(C)NC(=O)c1cc(S(=O)(=O)N(C)C)ccc1F. The van der Waals surface area contributed by atoms with E-state index in [-0.39, 0.29) is 10.0 Å². The van der Waals surface area contributed by atoms with Crippen molar-refractivity contribution in [2.24, 2.45) is 0 Å². The third-order valence-corrected chi connectivity index (χ3v) is 5.57. The standard InChI is InChI=1S/C15H23FN4O4S2/c1-19(2)26(22,23)11-6-7-13(16)12(10-11)14(21)18-20(3)15(25)17-8-5-9-24-4/h6-7,10H,5,8-9H2,1-4H3,(H,17,25)(H,18,21). The zero-order valence-electron chi connectivity index (χ0n) is 15.1. The van der Waals surface area contributed by atoms with E-state index in [4.69, 9.17) is 17.0 Å². The van der Waals surface area contributed by atoms with Crippen molar-refractivity contribution in [2.75, 3.05) is 41.4 Å². The van der Waals surface area contributed by atoms with Crippen LogP contribution in [-0.2, 0) is 14.8 Å². The largest absolute Gasteiger partial charge is 0.385 e. The first-order valence-corrected chi connectivity index (χ1v) is 9.49. The number of rotatable bonds is 7. The minimum absolute atomic E-state index is 0.183. The van der Waals surface area contributed by atoms with Crippen molar-refractivity contribution in [3.63, 3.8) is 0 Å². The Morgan fingerprint density at radius 1 is 1.31 bits per heavy atom. The molecule has 1 aromatic carbocycles. The first-order chi connectivity index (χ1) is 12.1. The number of benzene rings is 1. The molecule has 0 spiro atoms. The Bertz CT molecular complexity index is 756. The van der Waals surface area contributed by atoms with Gasteiger partial charge in [0.25, 0.3) is 5.91 Å². The van der Waals surface area contributed by atoms with Gasteiger partial charge < -0.3 is 10.1 Å². The summed E-state index contributed by atoms with van der Waals surface area (Å²) in [7, 11) is 1.98. The zero-order chi connectivity index (χ0) is 19.9. The van der Waals surface area contributed by atoms with Gasteiger partial charge in [0.2, 0.25) is 10.0 Å². The topological polar surface area (TPSA) is 91.0 Å². The summed E-state index contributed by atoms with van der Waals surface area (Å²) in [6.07, 6.45) is 0.720. The van der Waals surface area contributed by atoms with Crippen LogP contribution < -0.4 is 10.7 Å². The van der Waals surface area contributed by atoms with E-state index in [0.717, 1.165) is 28.9 Å². The number of ether oxygens (including phenoxy) is 1. The lowest BCUT2D eigenvalue weighted by Crippen LogP contribution is -2.48. The number of carbonyl (C=O) groups excluding carboxylic acids is 1. The van der Waals surface area contributed by atoms with Gasteiger partial charge in [0.15, 0.2) is 5.11 Å². The molecule has 146 valence electrons. The fraction of sp³-hybridized carbons (Fsp3) is 0.467. The molecule has 0 fully saturated rings. The van der Waals surface area contributed by atoms with Crippen molar-refractivity contribution < 1.29 is 22.3 Å². The Balaban J connectivity index is 2.85. The number of thiocarbonyl (C=S) groups is 1. The summed E-state index contributed by atoms with van der Waals surface area (Å²) in [5.41, 5.74) is 2.00. The Morgan fingerprint density at radius 2 is 1.96 bits per heavy atom. The minimum atomic E-state index is -3.79. The maximum Gasteiger partial charge on any atom is 0.272 e. The molecule has 0 heterocycles. The summed E-state index contributed by atoms with van der Waals surface area (Å²) in [6.45, 7) is 1.10. The van der Waals surface area contributed by atoms with Crippen LogP contribution in [-0.4, -0.2) is 70.2 Å². The van der Waals surface area contributed by atoms with Crippen molar-refractivity contribution >= 4 is 33.3 Å². The van der Waals surface area contributed by atoms with E-state index in [1.807, 2.05) is 0 Å². The normalized spacial score (nSPS) is 11.3. The number of carbonyl (C=O) groups is 1. The molecule has 8 nitrogen and oxygen atoms in total. The lowest BCUT2D eigenvalue weighted by molar-refractivity contribution is 0.0881. The maximum atomic E-state index is 14.0. The quantitative estimate of drug-likeness (QED) is 0.388. The van der Waals surface area contributed by atoms with E-state index >= 15 is 0 Å². The number of nitrogens with one attached hydrogen (secondary N) is 2. The van der Waals surface area contributed by atoms with Crippen LogP contribution in [0.4, 0.5) is 4.39 Å². The molecule has 1 amide bonds. The minimum Gasteiger partial charge on any atom is -0.385 e. The molecule has 0 saturated heterocycles. The lowest BCUT2D eigenvalue weighted by Gasteiger charge is -2.22. The molecule has 2 N–H and O–H groups in total. The van der Waals surface area contributed by atoms with E-state index in [0.29, 0.717) is 13.2 Å². The van der Waals surface area contributed by atoms with Gasteiger partial charge in [-0.3, -0.25) is 15.2 Å². The third-order valence-electron chi connectivity index (χ3n) is 3.34. The van der Waals surface area contributed by atoms with Gasteiger partial charge in [-0.1, -0.05) is 0 Å². The molecular weight excluding hydrogens is 383 g/mol. The van der Waals surface area contributed by atoms with Gasteiger partial charge in [0.1, 0.15) is 5.82 Å². The van der Waals surface area contributed by atoms with Crippen LogP contribution in [0, 0.1) is 5.82 Å². The van der Waals surface area contributed by atoms with Gasteiger partial charge in [0, 0.05) is 41.4 Å². The molecule has 1 aromatic rings. The molecule has 0 bridgehead atoms. The summed E-state index contributed by atoms with van der Waals surface area (Å²) in [5.74, 6) is -1.66. The van der Waals surface area contributed by atoms with Crippen molar-refractivity contribution in [2.45, 2.75) is 11.3 Å². The van der Waals surface area contributed by atoms with Crippen LogP contribution in [0.3, 0.4) is 0 Å². The number of halogens is 1. The van der Waals surface area contributed by atoms with Crippen molar-refractivity contribution in [1.82, 2.24) is 20.1 Å². The second-order valence-electron chi connectivity index (χ2n) is 5.51. The second kappa shape index (κ2) is 9.76. The van der Waals surface area contributed by atoms with Crippen LogP contribution in [0.5, 0.6) is 0 Å². The molecule has 0 atom stereocenters. The van der Waals surface area contributed by atoms with Crippen LogP contribution in [0.2, 0.25) is 0 Å². The van der Waals surface area contributed by atoms with E-state index < -0.39 is 27.3 Å². The van der Waals surface area contributed by atoms with Crippen LogP contribution in [0.15, 0.2) is 23.1 Å². The predicted molar refractivity (Wildman–Crippen MR) is 99.6 cm³/mol. The summed E-state index contributed by atoms with van der Waals surface area (Å²) >= 11 is 5.11. The first-order valence-electron chi connectivity index (χ1n) is 7.64. The highest BCUT2D eigenvalue weighted by Gasteiger charge is 2.22. The molecule has 0 radical (unpaired) electrons. The smallest absolute Gasteiger partial charge is 0.272 e.